The van der Waals surface area contributed by atoms with Gasteiger partial charge in [0.05, 0.1) is 13.2 Å². The molecule has 78 valence electrons. The maximum absolute atomic E-state index is 5.40. The zero-order valence-electron chi connectivity index (χ0n) is 9.05. The number of nitrogens with one attached hydrogen (secondary N) is 1. The van der Waals surface area contributed by atoms with Crippen LogP contribution < -0.4 is 5.32 Å². The minimum Gasteiger partial charge on any atom is -0.379 e. The number of likely N-dealkylation sites (N-methyl/N-ethyl adjacent to an activating group) is 1. The Labute approximate surface area is 81.4 Å². The van der Waals surface area contributed by atoms with E-state index in [-0.39, 0.29) is 0 Å². The second-order valence-electron chi connectivity index (χ2n) is 3.81. The molecule has 0 aliphatic carbocycles. The average molecular weight is 186 g/mol. The fourth-order valence-electron chi connectivity index (χ4n) is 1.74. The molecular weight excluding hydrogens is 164 g/mol. The molecule has 1 saturated heterocycles. The standard InChI is InChI=1S/C10H22N2O/c1-4-10(11-3)7-12-5-6-13-8-9(12)2/h9-11H,4-8H2,1-3H3. The first-order valence-electron chi connectivity index (χ1n) is 5.27. The smallest absolute Gasteiger partial charge is 0.0619 e. The van der Waals surface area contributed by atoms with Crippen LogP contribution in [0.5, 0.6) is 0 Å². The Bertz CT molecular complexity index is 137. The van der Waals surface area contributed by atoms with Crippen molar-refractivity contribution in [2.75, 3.05) is 33.4 Å². The SMILES string of the molecule is CCC(CN1CCOCC1C)NC. The number of ether oxygens (including phenoxy) is 1. The molecule has 2 unspecified atom stereocenters. The molecule has 1 rings (SSSR count). The molecule has 0 bridgehead atoms. The third-order valence-corrected chi connectivity index (χ3v) is 2.86. The van der Waals surface area contributed by atoms with Gasteiger partial charge in [0.25, 0.3) is 0 Å². The summed E-state index contributed by atoms with van der Waals surface area (Å²) < 4.78 is 5.40. The summed E-state index contributed by atoms with van der Waals surface area (Å²) in [6.07, 6.45) is 1.20. The molecule has 1 N–H and O–H groups in total. The lowest BCUT2D eigenvalue weighted by Gasteiger charge is -2.35. The fraction of sp³-hybridized carbons (Fsp3) is 1.00. The zero-order chi connectivity index (χ0) is 9.68. The molecule has 3 nitrogen and oxygen atoms in total. The summed E-state index contributed by atoms with van der Waals surface area (Å²) in [5.41, 5.74) is 0. The predicted octanol–water partition coefficient (Wildman–Crippen LogP) is 0.705. The van der Waals surface area contributed by atoms with Crippen LogP contribution in [0.2, 0.25) is 0 Å². The van der Waals surface area contributed by atoms with Gasteiger partial charge < -0.3 is 10.1 Å². The maximum Gasteiger partial charge on any atom is 0.0619 e. The van der Waals surface area contributed by atoms with Crippen molar-refractivity contribution in [1.82, 2.24) is 10.2 Å². The molecule has 1 heterocycles. The van der Waals surface area contributed by atoms with Crippen molar-refractivity contribution in [3.63, 3.8) is 0 Å². The monoisotopic (exact) mass is 186 g/mol. The first-order chi connectivity index (χ1) is 6.27. The molecule has 0 aromatic heterocycles. The third kappa shape index (κ3) is 3.25. The number of hydrogen-bond acceptors (Lipinski definition) is 3. The summed E-state index contributed by atoms with van der Waals surface area (Å²) in [5, 5.41) is 3.34. The zero-order valence-corrected chi connectivity index (χ0v) is 9.05. The Morgan fingerprint density at radius 1 is 1.62 bits per heavy atom. The van der Waals surface area contributed by atoms with Gasteiger partial charge in [0, 0.05) is 25.2 Å². The minimum absolute atomic E-state index is 0.580. The van der Waals surface area contributed by atoms with Gasteiger partial charge in [-0.05, 0) is 20.4 Å². The molecule has 3 heteroatoms. The normalized spacial score (nSPS) is 27.5. The molecule has 0 saturated carbocycles. The number of rotatable bonds is 4. The Morgan fingerprint density at radius 2 is 2.38 bits per heavy atom. The number of morpholine rings is 1. The average Bonchev–Trinajstić information content (AvgIpc) is 2.17. The fourth-order valence-corrected chi connectivity index (χ4v) is 1.74. The van der Waals surface area contributed by atoms with Crippen LogP contribution in [0.4, 0.5) is 0 Å². The van der Waals surface area contributed by atoms with Crippen LogP contribution in [-0.2, 0) is 4.74 Å². The quantitative estimate of drug-likeness (QED) is 0.699. The van der Waals surface area contributed by atoms with Crippen LogP contribution in [-0.4, -0.2) is 50.3 Å². The molecule has 1 aliphatic heterocycles. The molecule has 13 heavy (non-hydrogen) atoms. The van der Waals surface area contributed by atoms with Crippen LogP contribution in [0.15, 0.2) is 0 Å². The van der Waals surface area contributed by atoms with Gasteiger partial charge in [-0.1, -0.05) is 6.92 Å². The molecule has 2 atom stereocenters. The molecule has 0 radical (unpaired) electrons. The van der Waals surface area contributed by atoms with Crippen molar-refractivity contribution in [3.8, 4) is 0 Å². The summed E-state index contributed by atoms with van der Waals surface area (Å²) in [6, 6.07) is 1.21. The molecule has 0 spiro atoms. The molecule has 0 aromatic rings. The van der Waals surface area contributed by atoms with E-state index in [1.807, 2.05) is 7.05 Å². The molecule has 1 aliphatic rings. The molecular formula is C10H22N2O. The highest BCUT2D eigenvalue weighted by atomic mass is 16.5. The van der Waals surface area contributed by atoms with Crippen LogP contribution in [0, 0.1) is 0 Å². The Morgan fingerprint density at radius 3 is 2.92 bits per heavy atom. The van der Waals surface area contributed by atoms with E-state index in [0.717, 1.165) is 26.3 Å². The largest absolute Gasteiger partial charge is 0.379 e. The van der Waals surface area contributed by atoms with Crippen LogP contribution in [0.1, 0.15) is 20.3 Å². The van der Waals surface area contributed by atoms with Crippen molar-refractivity contribution in [2.45, 2.75) is 32.4 Å². The topological polar surface area (TPSA) is 24.5 Å². The van der Waals surface area contributed by atoms with Gasteiger partial charge in [-0.25, -0.2) is 0 Å². The maximum atomic E-state index is 5.40. The predicted molar refractivity (Wildman–Crippen MR) is 55.0 cm³/mol. The summed E-state index contributed by atoms with van der Waals surface area (Å²) in [7, 11) is 2.04. The second-order valence-corrected chi connectivity index (χ2v) is 3.81. The van der Waals surface area contributed by atoms with Gasteiger partial charge in [-0.2, -0.15) is 0 Å². The van der Waals surface area contributed by atoms with E-state index in [4.69, 9.17) is 4.74 Å². The highest BCUT2D eigenvalue weighted by Gasteiger charge is 2.20. The summed E-state index contributed by atoms with van der Waals surface area (Å²) >= 11 is 0. The van der Waals surface area contributed by atoms with Gasteiger partial charge in [0.1, 0.15) is 0 Å². The Balaban J connectivity index is 2.32. The lowest BCUT2D eigenvalue weighted by Crippen LogP contribution is -2.49. The lowest BCUT2D eigenvalue weighted by molar-refractivity contribution is -0.00417. The van der Waals surface area contributed by atoms with Crippen molar-refractivity contribution in [1.29, 1.82) is 0 Å². The van der Waals surface area contributed by atoms with Gasteiger partial charge in [-0.3, -0.25) is 4.90 Å². The summed E-state index contributed by atoms with van der Waals surface area (Å²) in [4.78, 5) is 2.51. The number of hydrogen-bond donors (Lipinski definition) is 1. The van der Waals surface area contributed by atoms with E-state index >= 15 is 0 Å². The summed E-state index contributed by atoms with van der Waals surface area (Å²) in [5.74, 6) is 0. The summed E-state index contributed by atoms with van der Waals surface area (Å²) in [6.45, 7) is 8.48. The highest BCUT2D eigenvalue weighted by Crippen LogP contribution is 2.07. The van der Waals surface area contributed by atoms with E-state index in [0.29, 0.717) is 12.1 Å². The molecule has 1 fully saturated rings. The van der Waals surface area contributed by atoms with Crippen LogP contribution >= 0.6 is 0 Å². The first-order valence-corrected chi connectivity index (χ1v) is 5.27. The van der Waals surface area contributed by atoms with Crippen molar-refractivity contribution in [2.24, 2.45) is 0 Å². The Kier molecular flexibility index (Phi) is 4.70. The van der Waals surface area contributed by atoms with Crippen molar-refractivity contribution in [3.05, 3.63) is 0 Å². The molecule has 0 amide bonds. The Hall–Kier alpha value is -0.120. The van der Waals surface area contributed by atoms with E-state index in [1.54, 1.807) is 0 Å². The van der Waals surface area contributed by atoms with Gasteiger partial charge in [0.15, 0.2) is 0 Å². The van der Waals surface area contributed by atoms with Gasteiger partial charge >= 0.3 is 0 Å². The van der Waals surface area contributed by atoms with Gasteiger partial charge in [0.2, 0.25) is 0 Å². The number of nitrogens with zero attached hydrogens (tertiary/aromatic N) is 1. The van der Waals surface area contributed by atoms with Crippen molar-refractivity contribution >= 4 is 0 Å². The molecule has 0 aromatic carbocycles. The lowest BCUT2D eigenvalue weighted by atomic mass is 10.1. The van der Waals surface area contributed by atoms with Crippen LogP contribution in [0.3, 0.4) is 0 Å². The van der Waals surface area contributed by atoms with Gasteiger partial charge in [-0.15, -0.1) is 0 Å². The second kappa shape index (κ2) is 5.58. The van der Waals surface area contributed by atoms with E-state index < -0.39 is 0 Å². The van der Waals surface area contributed by atoms with E-state index in [9.17, 15) is 0 Å². The van der Waals surface area contributed by atoms with E-state index in [2.05, 4.69) is 24.1 Å². The van der Waals surface area contributed by atoms with Crippen LogP contribution in [0.25, 0.3) is 0 Å². The minimum atomic E-state index is 0.580. The van der Waals surface area contributed by atoms with E-state index in [1.165, 1.54) is 6.42 Å². The third-order valence-electron chi connectivity index (χ3n) is 2.86. The first kappa shape index (κ1) is 11.0. The van der Waals surface area contributed by atoms with Crippen molar-refractivity contribution < 1.29 is 4.74 Å². The highest BCUT2D eigenvalue weighted by molar-refractivity contribution is 4.76.